The van der Waals surface area contributed by atoms with Gasteiger partial charge < -0.3 is 4.98 Å². The quantitative estimate of drug-likeness (QED) is 0.577. The fourth-order valence-corrected chi connectivity index (χ4v) is 4.54. The lowest BCUT2D eigenvalue weighted by molar-refractivity contribution is 0.445. The summed E-state index contributed by atoms with van der Waals surface area (Å²) in [5.41, 5.74) is 5.76. The van der Waals surface area contributed by atoms with Crippen LogP contribution in [0.15, 0.2) is 51.9 Å². The summed E-state index contributed by atoms with van der Waals surface area (Å²) in [7, 11) is 0. The molecule has 24 heavy (non-hydrogen) atoms. The Kier molecular flexibility index (Phi) is 3.03. The summed E-state index contributed by atoms with van der Waals surface area (Å²) in [5, 5.41) is 5.19. The Morgan fingerprint density at radius 1 is 1.21 bits per heavy atom. The van der Waals surface area contributed by atoms with E-state index in [1.165, 1.54) is 27.7 Å². The van der Waals surface area contributed by atoms with Crippen LogP contribution in [0.4, 0.5) is 5.69 Å². The van der Waals surface area contributed by atoms with Gasteiger partial charge in [0.1, 0.15) is 5.54 Å². The number of halogens is 1. The Hall–Kier alpha value is -1.91. The van der Waals surface area contributed by atoms with Crippen LogP contribution in [0, 0.1) is 0 Å². The number of hydrogen-bond donors (Lipinski definition) is 2. The van der Waals surface area contributed by atoms with Gasteiger partial charge in [-0.2, -0.15) is 0 Å². The van der Waals surface area contributed by atoms with Gasteiger partial charge in [-0.25, -0.2) is 0 Å². The lowest BCUT2D eigenvalue weighted by atomic mass is 9.86. The molecule has 2 atom stereocenters. The van der Waals surface area contributed by atoms with E-state index >= 15 is 0 Å². The second-order valence-corrected chi connectivity index (χ2v) is 7.75. The van der Waals surface area contributed by atoms with E-state index in [0.29, 0.717) is 6.04 Å². The van der Waals surface area contributed by atoms with Crippen LogP contribution in [-0.2, 0) is 12.0 Å². The van der Waals surface area contributed by atoms with Crippen LogP contribution in [-0.4, -0.2) is 17.2 Å². The van der Waals surface area contributed by atoms with Crippen molar-refractivity contribution in [2.45, 2.75) is 31.3 Å². The zero-order valence-corrected chi connectivity index (χ0v) is 15.0. The number of H-pyrrole nitrogens is 1. The highest BCUT2D eigenvalue weighted by Gasteiger charge is 2.43. The molecule has 1 spiro atoms. The second-order valence-electron chi connectivity index (χ2n) is 6.84. The van der Waals surface area contributed by atoms with E-state index in [1.54, 1.807) is 0 Å². The first-order valence-electron chi connectivity index (χ1n) is 8.40. The summed E-state index contributed by atoms with van der Waals surface area (Å²) < 4.78 is 1.09. The van der Waals surface area contributed by atoms with Crippen LogP contribution in [0.1, 0.15) is 30.2 Å². The molecule has 2 aliphatic rings. The SMILES string of the molecule is CC1CCc2c([nH]c3ccccc23)C2(C=Nc3ccc(Br)cc32)N1. The first kappa shape index (κ1) is 14.4. The number of aromatic nitrogens is 1. The molecule has 2 N–H and O–H groups in total. The standard InChI is InChI=1S/C20H18BrN3/c1-12-6-8-15-14-4-2-3-5-17(14)23-19(15)20(24-12)11-22-18-9-7-13(21)10-16(18)20/h2-5,7,9-12,23-24H,6,8H2,1H3. The molecule has 0 amide bonds. The van der Waals surface area contributed by atoms with Crippen LogP contribution in [0.5, 0.6) is 0 Å². The van der Waals surface area contributed by atoms with Crippen LogP contribution in [0.3, 0.4) is 0 Å². The number of nitrogens with one attached hydrogen (secondary N) is 2. The molecule has 3 aromatic rings. The molecule has 3 heterocycles. The maximum absolute atomic E-state index is 4.73. The number of fused-ring (bicyclic) bond motifs is 6. The van der Waals surface area contributed by atoms with E-state index in [2.05, 4.69) is 81.8 Å². The third-order valence-electron chi connectivity index (χ3n) is 5.29. The Labute approximate surface area is 149 Å². The summed E-state index contributed by atoms with van der Waals surface area (Å²) in [5.74, 6) is 0. The summed E-state index contributed by atoms with van der Waals surface area (Å²) >= 11 is 3.63. The van der Waals surface area contributed by atoms with Crippen molar-refractivity contribution in [3.05, 3.63) is 63.8 Å². The maximum Gasteiger partial charge on any atom is 0.123 e. The number of para-hydroxylation sites is 1. The fourth-order valence-electron chi connectivity index (χ4n) is 4.18. The van der Waals surface area contributed by atoms with Crippen LogP contribution in [0.2, 0.25) is 0 Å². The molecule has 0 aliphatic carbocycles. The monoisotopic (exact) mass is 379 g/mol. The third kappa shape index (κ3) is 1.90. The molecule has 0 saturated heterocycles. The highest BCUT2D eigenvalue weighted by molar-refractivity contribution is 9.10. The number of aromatic amines is 1. The number of aryl methyl sites for hydroxylation is 1. The minimum Gasteiger partial charge on any atom is -0.356 e. The van der Waals surface area contributed by atoms with E-state index in [1.807, 2.05) is 0 Å². The summed E-state index contributed by atoms with van der Waals surface area (Å²) in [4.78, 5) is 8.43. The van der Waals surface area contributed by atoms with E-state index in [0.717, 1.165) is 23.0 Å². The lowest BCUT2D eigenvalue weighted by Gasteiger charge is -2.30. The van der Waals surface area contributed by atoms with E-state index in [4.69, 9.17) is 4.99 Å². The van der Waals surface area contributed by atoms with Gasteiger partial charge in [0.05, 0.1) is 5.69 Å². The first-order valence-corrected chi connectivity index (χ1v) is 9.20. The molecule has 2 aliphatic heterocycles. The van der Waals surface area contributed by atoms with Crippen LogP contribution >= 0.6 is 15.9 Å². The van der Waals surface area contributed by atoms with Crippen molar-refractivity contribution in [2.75, 3.05) is 0 Å². The number of benzene rings is 2. The lowest BCUT2D eigenvalue weighted by Crippen LogP contribution is -2.47. The van der Waals surface area contributed by atoms with Gasteiger partial charge in [-0.1, -0.05) is 34.1 Å². The molecule has 5 rings (SSSR count). The summed E-state index contributed by atoms with van der Waals surface area (Å²) in [6.45, 7) is 2.26. The molecule has 120 valence electrons. The molecule has 0 fully saturated rings. The highest BCUT2D eigenvalue weighted by Crippen LogP contribution is 2.45. The van der Waals surface area contributed by atoms with Crippen LogP contribution < -0.4 is 5.32 Å². The molecule has 0 radical (unpaired) electrons. The van der Waals surface area contributed by atoms with E-state index in [9.17, 15) is 0 Å². The minimum atomic E-state index is -0.372. The van der Waals surface area contributed by atoms with Crippen molar-refractivity contribution in [1.29, 1.82) is 0 Å². The zero-order chi connectivity index (χ0) is 16.3. The maximum atomic E-state index is 4.73. The van der Waals surface area contributed by atoms with Crippen molar-refractivity contribution in [2.24, 2.45) is 4.99 Å². The summed E-state index contributed by atoms with van der Waals surface area (Å²) in [6, 6.07) is 15.4. The van der Waals surface area contributed by atoms with Crippen molar-refractivity contribution < 1.29 is 0 Å². The van der Waals surface area contributed by atoms with Gasteiger partial charge in [0.25, 0.3) is 0 Å². The Bertz CT molecular complexity index is 988. The normalized spacial score (nSPS) is 25.0. The Morgan fingerprint density at radius 3 is 3.00 bits per heavy atom. The molecule has 1 aromatic heterocycles. The van der Waals surface area contributed by atoms with Gasteiger partial charge in [-0.05, 0) is 49.6 Å². The van der Waals surface area contributed by atoms with Gasteiger partial charge in [-0.3, -0.25) is 10.3 Å². The molecular formula is C20H18BrN3. The number of hydrogen-bond acceptors (Lipinski definition) is 2. The molecular weight excluding hydrogens is 362 g/mol. The average molecular weight is 380 g/mol. The number of nitrogens with zero attached hydrogens (tertiary/aromatic N) is 1. The van der Waals surface area contributed by atoms with Gasteiger partial charge >= 0.3 is 0 Å². The van der Waals surface area contributed by atoms with Crippen molar-refractivity contribution >= 4 is 38.7 Å². The first-order chi connectivity index (χ1) is 11.7. The van der Waals surface area contributed by atoms with Crippen molar-refractivity contribution in [1.82, 2.24) is 10.3 Å². The Morgan fingerprint density at radius 2 is 2.08 bits per heavy atom. The smallest absolute Gasteiger partial charge is 0.123 e. The van der Waals surface area contributed by atoms with Crippen molar-refractivity contribution in [3.63, 3.8) is 0 Å². The average Bonchev–Trinajstić information content (AvgIpc) is 3.08. The van der Waals surface area contributed by atoms with E-state index in [-0.39, 0.29) is 5.54 Å². The predicted molar refractivity (Wildman–Crippen MR) is 102 cm³/mol. The largest absolute Gasteiger partial charge is 0.356 e. The minimum absolute atomic E-state index is 0.372. The third-order valence-corrected chi connectivity index (χ3v) is 5.78. The molecule has 0 saturated carbocycles. The van der Waals surface area contributed by atoms with Gasteiger partial charge in [-0.15, -0.1) is 0 Å². The molecule has 4 heteroatoms. The highest BCUT2D eigenvalue weighted by atomic mass is 79.9. The van der Waals surface area contributed by atoms with Gasteiger partial charge in [0.15, 0.2) is 0 Å². The van der Waals surface area contributed by atoms with Crippen molar-refractivity contribution in [3.8, 4) is 0 Å². The Balaban J connectivity index is 1.84. The molecule has 0 bridgehead atoms. The van der Waals surface area contributed by atoms with Gasteiger partial charge in [0, 0.05) is 38.9 Å². The molecule has 3 nitrogen and oxygen atoms in total. The van der Waals surface area contributed by atoms with Gasteiger partial charge in [0.2, 0.25) is 0 Å². The molecule has 2 aromatic carbocycles. The fraction of sp³-hybridized carbons (Fsp3) is 0.250. The van der Waals surface area contributed by atoms with Crippen LogP contribution in [0.25, 0.3) is 10.9 Å². The zero-order valence-electron chi connectivity index (χ0n) is 13.4. The second kappa shape index (κ2) is 5.04. The predicted octanol–water partition coefficient (Wildman–Crippen LogP) is 4.81. The molecule has 2 unspecified atom stereocenters. The number of rotatable bonds is 0. The topological polar surface area (TPSA) is 40.2 Å². The summed E-state index contributed by atoms with van der Waals surface area (Å²) in [6.07, 6.45) is 4.28. The van der Waals surface area contributed by atoms with E-state index < -0.39 is 0 Å². The number of aliphatic imine (C=N–C) groups is 1.